The van der Waals surface area contributed by atoms with Gasteiger partial charge in [0.25, 0.3) is 5.91 Å². The number of pyridine rings is 1. The summed E-state index contributed by atoms with van der Waals surface area (Å²) < 4.78 is 0. The zero-order valence-corrected chi connectivity index (χ0v) is 14.1. The number of hydrogen-bond donors (Lipinski definition) is 1. The van der Waals surface area contributed by atoms with Crippen LogP contribution in [-0.4, -0.2) is 39.4 Å². The monoisotopic (exact) mass is 321 g/mol. The molecule has 3 heterocycles. The molecule has 0 radical (unpaired) electrons. The Morgan fingerprint density at radius 2 is 2.19 bits per heavy atom. The predicted octanol–water partition coefficient (Wildman–Crippen LogP) is 3.15. The second-order valence-electron chi connectivity index (χ2n) is 5.47. The molecule has 1 aliphatic rings. The molecular weight excluding hydrogens is 302 g/mol. The smallest absolute Gasteiger partial charge is 0.266 e. The van der Waals surface area contributed by atoms with Crippen LogP contribution in [0.5, 0.6) is 0 Å². The van der Waals surface area contributed by atoms with E-state index in [0.29, 0.717) is 15.8 Å². The van der Waals surface area contributed by atoms with Crippen LogP contribution in [0.25, 0.3) is 10.2 Å². The van der Waals surface area contributed by atoms with Crippen LogP contribution in [0.3, 0.4) is 0 Å². The molecule has 1 saturated heterocycles. The summed E-state index contributed by atoms with van der Waals surface area (Å²) in [7, 11) is 0. The number of carbonyl (C=O) groups excluding carboxylic acids is 1. The van der Waals surface area contributed by atoms with Crippen LogP contribution >= 0.6 is 23.1 Å². The SMILES string of the molecule is Cc1ccc2c(N)c(C(=O)N3CCSC(C)C3C)sc2n1. The van der Waals surface area contributed by atoms with E-state index >= 15 is 0 Å². The van der Waals surface area contributed by atoms with Gasteiger partial charge in [-0.25, -0.2) is 4.98 Å². The van der Waals surface area contributed by atoms with Crippen molar-refractivity contribution in [2.75, 3.05) is 18.0 Å². The third kappa shape index (κ3) is 2.51. The number of nitrogen functional groups attached to an aromatic ring is 1. The molecule has 21 heavy (non-hydrogen) atoms. The Kier molecular flexibility index (Phi) is 3.84. The predicted molar refractivity (Wildman–Crippen MR) is 91.2 cm³/mol. The lowest BCUT2D eigenvalue weighted by Gasteiger charge is -2.37. The van der Waals surface area contributed by atoms with Crippen LogP contribution in [0.1, 0.15) is 29.2 Å². The van der Waals surface area contributed by atoms with Gasteiger partial charge >= 0.3 is 0 Å². The number of nitrogens with zero attached hydrogens (tertiary/aromatic N) is 2. The Morgan fingerprint density at radius 3 is 2.95 bits per heavy atom. The molecule has 1 aliphatic heterocycles. The zero-order chi connectivity index (χ0) is 15.1. The molecule has 0 aliphatic carbocycles. The molecule has 1 fully saturated rings. The Morgan fingerprint density at radius 1 is 1.43 bits per heavy atom. The first kappa shape index (κ1) is 14.7. The maximum atomic E-state index is 12.9. The molecule has 112 valence electrons. The van der Waals surface area contributed by atoms with Crippen molar-refractivity contribution >= 4 is 44.9 Å². The van der Waals surface area contributed by atoms with E-state index < -0.39 is 0 Å². The van der Waals surface area contributed by atoms with E-state index in [0.717, 1.165) is 28.2 Å². The van der Waals surface area contributed by atoms with Gasteiger partial charge in [0.1, 0.15) is 9.71 Å². The minimum atomic E-state index is 0.0489. The standard InChI is InChI=1S/C15H19N3OS2/c1-8-4-5-11-12(16)13(21-14(11)17-8)15(19)18-6-7-20-10(3)9(18)2/h4-5,9-10H,6-7,16H2,1-3H3. The minimum Gasteiger partial charge on any atom is -0.397 e. The van der Waals surface area contributed by atoms with Gasteiger partial charge in [-0.3, -0.25) is 4.79 Å². The molecule has 0 bridgehead atoms. The van der Waals surface area contributed by atoms with Crippen LogP contribution in [0.15, 0.2) is 12.1 Å². The minimum absolute atomic E-state index is 0.0489. The Hall–Kier alpha value is -1.27. The molecule has 0 spiro atoms. The number of aromatic nitrogens is 1. The molecule has 4 nitrogen and oxygen atoms in total. The van der Waals surface area contributed by atoms with Gasteiger partial charge in [-0.1, -0.05) is 6.92 Å². The molecule has 2 aromatic heterocycles. The molecule has 1 amide bonds. The van der Waals surface area contributed by atoms with Gasteiger partial charge in [-0.05, 0) is 26.0 Å². The fraction of sp³-hybridized carbons (Fsp3) is 0.467. The fourth-order valence-electron chi connectivity index (χ4n) is 2.60. The van der Waals surface area contributed by atoms with Crippen LogP contribution in [-0.2, 0) is 0 Å². The van der Waals surface area contributed by atoms with Crippen molar-refractivity contribution in [1.29, 1.82) is 0 Å². The first-order valence-corrected chi connectivity index (χ1v) is 8.93. The highest BCUT2D eigenvalue weighted by Gasteiger charge is 2.31. The third-order valence-corrected chi connectivity index (χ3v) is 6.51. The van der Waals surface area contributed by atoms with Gasteiger partial charge in [-0.2, -0.15) is 11.8 Å². The lowest BCUT2D eigenvalue weighted by Crippen LogP contribution is -2.47. The number of thiophene rings is 1. The van der Waals surface area contributed by atoms with Crippen molar-refractivity contribution in [3.05, 3.63) is 22.7 Å². The summed E-state index contributed by atoms with van der Waals surface area (Å²) in [5.74, 6) is 1.03. The molecule has 6 heteroatoms. The summed E-state index contributed by atoms with van der Waals surface area (Å²) in [4.78, 5) is 20.8. The average molecular weight is 321 g/mol. The summed E-state index contributed by atoms with van der Waals surface area (Å²) >= 11 is 3.33. The summed E-state index contributed by atoms with van der Waals surface area (Å²) in [6.45, 7) is 7.02. The van der Waals surface area contributed by atoms with E-state index in [4.69, 9.17) is 5.73 Å². The lowest BCUT2D eigenvalue weighted by atomic mass is 10.2. The molecule has 2 unspecified atom stereocenters. The van der Waals surface area contributed by atoms with Gasteiger partial charge < -0.3 is 10.6 Å². The van der Waals surface area contributed by atoms with Gasteiger partial charge in [0.05, 0.1) is 5.69 Å². The summed E-state index contributed by atoms with van der Waals surface area (Å²) in [5, 5.41) is 1.35. The Balaban J connectivity index is 1.99. The number of carbonyl (C=O) groups is 1. The van der Waals surface area contributed by atoms with Gasteiger partial charge in [-0.15, -0.1) is 11.3 Å². The van der Waals surface area contributed by atoms with Crippen molar-refractivity contribution in [1.82, 2.24) is 9.88 Å². The molecule has 2 N–H and O–H groups in total. The average Bonchev–Trinajstić information content (AvgIpc) is 2.78. The highest BCUT2D eigenvalue weighted by atomic mass is 32.2. The first-order chi connectivity index (χ1) is 9.99. The highest BCUT2D eigenvalue weighted by Crippen LogP contribution is 2.35. The van der Waals surface area contributed by atoms with Crippen LogP contribution < -0.4 is 5.73 Å². The summed E-state index contributed by atoms with van der Waals surface area (Å²) in [6.07, 6.45) is 0. The van der Waals surface area contributed by atoms with Crippen LogP contribution in [0.2, 0.25) is 0 Å². The number of nitrogens with two attached hydrogens (primary N) is 1. The maximum Gasteiger partial charge on any atom is 0.266 e. The van der Waals surface area contributed by atoms with Gasteiger partial charge in [0, 0.05) is 34.7 Å². The van der Waals surface area contributed by atoms with E-state index in [2.05, 4.69) is 18.8 Å². The largest absolute Gasteiger partial charge is 0.397 e. The van der Waals surface area contributed by atoms with Gasteiger partial charge in [0.2, 0.25) is 0 Å². The fourth-order valence-corrected chi connectivity index (χ4v) is 4.79. The Labute approximate surface area is 132 Å². The molecule has 2 atom stereocenters. The Bertz CT molecular complexity index is 698. The highest BCUT2D eigenvalue weighted by molar-refractivity contribution is 8.00. The number of thioether (sulfide) groups is 1. The maximum absolute atomic E-state index is 12.9. The number of hydrogen-bond acceptors (Lipinski definition) is 5. The number of amides is 1. The number of aryl methyl sites for hydroxylation is 1. The quantitative estimate of drug-likeness (QED) is 0.876. The molecule has 3 rings (SSSR count). The van der Waals surface area contributed by atoms with Crippen molar-refractivity contribution in [2.24, 2.45) is 0 Å². The summed E-state index contributed by atoms with van der Waals surface area (Å²) in [5.41, 5.74) is 7.71. The molecule has 0 aromatic carbocycles. The van der Waals surface area contributed by atoms with Crippen molar-refractivity contribution in [2.45, 2.75) is 32.1 Å². The van der Waals surface area contributed by atoms with Gasteiger partial charge in [0.15, 0.2) is 0 Å². The van der Waals surface area contributed by atoms with Crippen molar-refractivity contribution in [3.8, 4) is 0 Å². The van der Waals surface area contributed by atoms with Crippen molar-refractivity contribution in [3.63, 3.8) is 0 Å². The van der Waals surface area contributed by atoms with E-state index in [9.17, 15) is 4.79 Å². The van der Waals surface area contributed by atoms with Crippen molar-refractivity contribution < 1.29 is 4.79 Å². The first-order valence-electron chi connectivity index (χ1n) is 7.07. The van der Waals surface area contributed by atoms with Crippen LogP contribution in [0, 0.1) is 6.92 Å². The van der Waals surface area contributed by atoms with E-state index in [1.54, 1.807) is 0 Å². The molecular formula is C15H19N3OS2. The van der Waals surface area contributed by atoms with E-state index in [1.807, 2.05) is 35.7 Å². The second-order valence-corrected chi connectivity index (χ2v) is 7.95. The molecule has 2 aromatic rings. The van der Waals surface area contributed by atoms with E-state index in [-0.39, 0.29) is 11.9 Å². The normalized spacial score (nSPS) is 22.7. The van der Waals surface area contributed by atoms with Crippen LogP contribution in [0.4, 0.5) is 5.69 Å². The zero-order valence-electron chi connectivity index (χ0n) is 12.4. The lowest BCUT2D eigenvalue weighted by molar-refractivity contribution is 0.0704. The molecule has 0 saturated carbocycles. The van der Waals surface area contributed by atoms with E-state index in [1.165, 1.54) is 11.3 Å². The topological polar surface area (TPSA) is 59.2 Å². The number of fused-ring (bicyclic) bond motifs is 1. The summed E-state index contributed by atoms with van der Waals surface area (Å²) in [6, 6.07) is 4.12. The second kappa shape index (κ2) is 5.50. The third-order valence-electron chi connectivity index (χ3n) is 4.07. The number of anilines is 1. The number of rotatable bonds is 1.